The number of aliphatic carboxylic acids is 1. The molecule has 9 heteroatoms. The molecular formula is C32H34N4O5. The van der Waals surface area contributed by atoms with Crippen molar-refractivity contribution in [1.29, 1.82) is 0 Å². The molecule has 6 rings (SSSR count). The summed E-state index contributed by atoms with van der Waals surface area (Å²) in [5.41, 5.74) is 3.19. The van der Waals surface area contributed by atoms with Crippen LogP contribution in [0.1, 0.15) is 73.8 Å². The SMILES string of the molecule is CCOc1cnc(-c2ccc(C(=O)N3c4ccccc4[C@H](N(C(=O)CCC(=O)O)C4CC4)[C@H]4CCC[C@H]43)cc2)nc1. The highest BCUT2D eigenvalue weighted by Crippen LogP contribution is 2.53. The van der Waals surface area contributed by atoms with Gasteiger partial charge >= 0.3 is 5.97 Å². The van der Waals surface area contributed by atoms with Gasteiger partial charge in [-0.05, 0) is 56.4 Å². The Kier molecular flexibility index (Phi) is 7.43. The van der Waals surface area contributed by atoms with E-state index < -0.39 is 5.97 Å². The second-order valence-electron chi connectivity index (χ2n) is 11.0. The summed E-state index contributed by atoms with van der Waals surface area (Å²) in [6.07, 6.45) is 7.72. The maximum Gasteiger partial charge on any atom is 0.303 e. The first kappa shape index (κ1) is 26.9. The number of anilines is 1. The van der Waals surface area contributed by atoms with Gasteiger partial charge in [0.05, 0.1) is 31.5 Å². The van der Waals surface area contributed by atoms with E-state index in [1.54, 1.807) is 12.4 Å². The molecule has 0 spiro atoms. The fourth-order valence-electron chi connectivity index (χ4n) is 6.53. The number of aromatic nitrogens is 2. The Bertz CT molecular complexity index is 1440. The minimum Gasteiger partial charge on any atom is -0.491 e. The summed E-state index contributed by atoms with van der Waals surface area (Å²) in [6, 6.07) is 15.2. The van der Waals surface area contributed by atoms with Crippen LogP contribution in [0.5, 0.6) is 5.75 Å². The first-order valence-corrected chi connectivity index (χ1v) is 14.5. The number of nitrogens with zero attached hydrogens (tertiary/aromatic N) is 4. The van der Waals surface area contributed by atoms with Crippen LogP contribution in [0.2, 0.25) is 0 Å². The number of carbonyl (C=O) groups excluding carboxylic acids is 2. The average Bonchev–Trinajstić information content (AvgIpc) is 3.71. The van der Waals surface area contributed by atoms with Crippen molar-refractivity contribution in [2.45, 2.75) is 70.0 Å². The Labute approximate surface area is 239 Å². The van der Waals surface area contributed by atoms with E-state index >= 15 is 0 Å². The first-order valence-electron chi connectivity index (χ1n) is 14.5. The van der Waals surface area contributed by atoms with Crippen LogP contribution in [0.25, 0.3) is 11.4 Å². The van der Waals surface area contributed by atoms with E-state index in [0.29, 0.717) is 23.7 Å². The molecule has 0 saturated heterocycles. The van der Waals surface area contributed by atoms with E-state index in [1.165, 1.54) is 0 Å². The van der Waals surface area contributed by atoms with Crippen molar-refractivity contribution in [3.8, 4) is 17.1 Å². The predicted octanol–water partition coefficient (Wildman–Crippen LogP) is 5.27. The van der Waals surface area contributed by atoms with Crippen LogP contribution in [-0.2, 0) is 9.59 Å². The molecule has 3 atom stereocenters. The van der Waals surface area contributed by atoms with Crippen LogP contribution < -0.4 is 9.64 Å². The molecule has 1 N–H and O–H groups in total. The molecular weight excluding hydrogens is 520 g/mol. The van der Waals surface area contributed by atoms with Crippen molar-refractivity contribution < 1.29 is 24.2 Å². The molecule has 2 amide bonds. The molecule has 2 aromatic carbocycles. The third kappa shape index (κ3) is 5.28. The number of amides is 2. The standard InChI is InChI=1S/C32H34N4O5/c1-2-41-23-18-33-31(34-19-23)20-10-12-21(13-11-20)32(40)36-26-8-4-3-6-24(26)30(25-7-5-9-27(25)36)35(22-14-15-22)28(37)16-17-29(38)39/h3-4,6,8,10-13,18-19,22,25,27,30H,2,5,7,9,14-17H2,1H3,(H,38,39)/t25-,27+,30-/m0/s1. The van der Waals surface area contributed by atoms with Crippen LogP contribution in [-0.4, -0.2) is 56.4 Å². The minimum atomic E-state index is -0.964. The van der Waals surface area contributed by atoms with Crippen LogP contribution in [0.3, 0.4) is 0 Å². The topological polar surface area (TPSA) is 113 Å². The molecule has 2 fully saturated rings. The summed E-state index contributed by atoms with van der Waals surface area (Å²) in [5, 5.41) is 9.21. The van der Waals surface area contributed by atoms with Crippen molar-refractivity contribution in [2.24, 2.45) is 5.92 Å². The number of carboxylic acid groups (broad SMARTS) is 1. The molecule has 0 unspecified atom stereocenters. The quantitative estimate of drug-likeness (QED) is 0.383. The fraction of sp³-hybridized carbons (Fsp3) is 0.406. The van der Waals surface area contributed by atoms with E-state index in [1.807, 2.05) is 65.3 Å². The highest BCUT2D eigenvalue weighted by Gasteiger charge is 2.51. The number of para-hydroxylation sites is 1. The molecule has 41 heavy (non-hydrogen) atoms. The lowest BCUT2D eigenvalue weighted by Crippen LogP contribution is -2.52. The van der Waals surface area contributed by atoms with Gasteiger partial charge in [-0.25, -0.2) is 9.97 Å². The molecule has 0 radical (unpaired) electrons. The number of benzene rings is 2. The van der Waals surface area contributed by atoms with Gasteiger partial charge in [-0.15, -0.1) is 0 Å². The molecule has 3 aromatic rings. The summed E-state index contributed by atoms with van der Waals surface area (Å²) in [4.78, 5) is 51.5. The van der Waals surface area contributed by atoms with Crippen LogP contribution >= 0.6 is 0 Å². The molecule has 9 nitrogen and oxygen atoms in total. The van der Waals surface area contributed by atoms with E-state index in [9.17, 15) is 19.5 Å². The first-order chi connectivity index (χ1) is 20.0. The summed E-state index contributed by atoms with van der Waals surface area (Å²) in [6.45, 7) is 2.45. The number of fused-ring (bicyclic) bond motifs is 2. The zero-order valence-electron chi connectivity index (χ0n) is 23.1. The van der Waals surface area contributed by atoms with Crippen molar-refractivity contribution in [2.75, 3.05) is 11.5 Å². The third-order valence-corrected chi connectivity index (χ3v) is 8.41. The summed E-state index contributed by atoms with van der Waals surface area (Å²) in [7, 11) is 0. The molecule has 1 aliphatic heterocycles. The van der Waals surface area contributed by atoms with Gasteiger partial charge in [-0.3, -0.25) is 14.4 Å². The van der Waals surface area contributed by atoms with Crippen LogP contribution in [0.15, 0.2) is 60.9 Å². The normalized spacial score (nSPS) is 21.1. The number of hydrogen-bond donors (Lipinski definition) is 1. The highest BCUT2D eigenvalue weighted by molar-refractivity contribution is 6.07. The van der Waals surface area contributed by atoms with Gasteiger partial charge in [-0.2, -0.15) is 0 Å². The van der Waals surface area contributed by atoms with E-state index in [4.69, 9.17) is 4.74 Å². The van der Waals surface area contributed by atoms with E-state index in [0.717, 1.165) is 48.9 Å². The summed E-state index contributed by atoms with van der Waals surface area (Å²) >= 11 is 0. The van der Waals surface area contributed by atoms with Gasteiger partial charge in [0.25, 0.3) is 5.91 Å². The lowest BCUT2D eigenvalue weighted by atomic mass is 9.81. The van der Waals surface area contributed by atoms with Crippen LogP contribution in [0, 0.1) is 5.92 Å². The van der Waals surface area contributed by atoms with Gasteiger partial charge in [-0.1, -0.05) is 36.8 Å². The van der Waals surface area contributed by atoms with Gasteiger partial charge < -0.3 is 19.6 Å². The van der Waals surface area contributed by atoms with Crippen molar-refractivity contribution in [3.63, 3.8) is 0 Å². The van der Waals surface area contributed by atoms with Gasteiger partial charge in [0, 0.05) is 41.2 Å². The Hall–Kier alpha value is -4.27. The molecule has 3 aliphatic rings. The zero-order valence-corrected chi connectivity index (χ0v) is 23.1. The zero-order chi connectivity index (χ0) is 28.5. The van der Waals surface area contributed by atoms with Gasteiger partial charge in [0.1, 0.15) is 0 Å². The Balaban J connectivity index is 1.31. The van der Waals surface area contributed by atoms with Crippen LogP contribution in [0.4, 0.5) is 5.69 Å². The predicted molar refractivity (Wildman–Crippen MR) is 152 cm³/mol. The minimum absolute atomic E-state index is 0.00501. The van der Waals surface area contributed by atoms with Gasteiger partial charge in [0.2, 0.25) is 5.91 Å². The molecule has 2 heterocycles. The molecule has 1 aromatic heterocycles. The monoisotopic (exact) mass is 554 g/mol. The Morgan fingerprint density at radius 2 is 1.71 bits per heavy atom. The summed E-state index contributed by atoms with van der Waals surface area (Å²) < 4.78 is 5.43. The van der Waals surface area contributed by atoms with Gasteiger partial charge in [0.15, 0.2) is 11.6 Å². The molecule has 2 aliphatic carbocycles. The van der Waals surface area contributed by atoms with Crippen molar-refractivity contribution in [3.05, 3.63) is 72.1 Å². The van der Waals surface area contributed by atoms with E-state index in [-0.39, 0.29) is 48.7 Å². The lowest BCUT2D eigenvalue weighted by Gasteiger charge is -2.48. The largest absolute Gasteiger partial charge is 0.491 e. The number of rotatable bonds is 9. The number of hydrogen-bond acceptors (Lipinski definition) is 6. The molecule has 2 saturated carbocycles. The van der Waals surface area contributed by atoms with Crippen molar-refractivity contribution in [1.82, 2.24) is 14.9 Å². The number of carboxylic acids is 1. The Morgan fingerprint density at radius 3 is 2.39 bits per heavy atom. The fourth-order valence-corrected chi connectivity index (χ4v) is 6.53. The van der Waals surface area contributed by atoms with Crippen molar-refractivity contribution >= 4 is 23.5 Å². The summed E-state index contributed by atoms with van der Waals surface area (Å²) in [5.74, 6) is 0.130. The second-order valence-corrected chi connectivity index (χ2v) is 11.0. The average molecular weight is 555 g/mol. The third-order valence-electron chi connectivity index (χ3n) is 8.41. The van der Waals surface area contributed by atoms with E-state index in [2.05, 4.69) is 9.97 Å². The number of carbonyl (C=O) groups is 3. The Morgan fingerprint density at radius 1 is 0.976 bits per heavy atom. The maximum atomic E-state index is 14.1. The lowest BCUT2D eigenvalue weighted by molar-refractivity contribution is -0.142. The second kappa shape index (κ2) is 11.3. The number of ether oxygens (including phenoxy) is 1. The molecule has 0 bridgehead atoms. The highest BCUT2D eigenvalue weighted by atomic mass is 16.5. The maximum absolute atomic E-state index is 14.1. The smallest absolute Gasteiger partial charge is 0.303 e. The molecule has 212 valence electrons.